The Morgan fingerprint density at radius 2 is 1.54 bits per heavy atom. The van der Waals surface area contributed by atoms with Crippen LogP contribution in [0.3, 0.4) is 0 Å². The quantitative estimate of drug-likeness (QED) is 0.0199. The molecule has 0 unspecified atom stereocenters. The van der Waals surface area contributed by atoms with Gasteiger partial charge in [0.15, 0.2) is 18.7 Å². The molecule has 20 nitrogen and oxygen atoms in total. The van der Waals surface area contributed by atoms with Crippen molar-refractivity contribution in [2.24, 2.45) is 27.9 Å². The first-order valence-electron chi connectivity index (χ1n) is 27.8. The van der Waals surface area contributed by atoms with Crippen molar-refractivity contribution in [1.82, 2.24) is 14.9 Å². The fourth-order valence-electron chi connectivity index (χ4n) is 10.4. The van der Waals surface area contributed by atoms with Crippen molar-refractivity contribution < 1.29 is 71.5 Å². The van der Waals surface area contributed by atoms with E-state index in [-0.39, 0.29) is 51.4 Å². The van der Waals surface area contributed by atoms with Crippen molar-refractivity contribution in [1.29, 1.82) is 0 Å². The summed E-state index contributed by atoms with van der Waals surface area (Å²) in [5.74, 6) is -6.38. The molecule has 4 heterocycles. The number of halogens is 1. The van der Waals surface area contributed by atoms with Crippen LogP contribution in [0.1, 0.15) is 118 Å². The summed E-state index contributed by atoms with van der Waals surface area (Å²) in [7, 11) is -0.344. The van der Waals surface area contributed by atoms with Gasteiger partial charge in [-0.25, -0.2) is 23.7 Å². The molecule has 2 fully saturated rings. The number of aliphatic imine (C=N–C) groups is 1. The van der Waals surface area contributed by atoms with Gasteiger partial charge in [-0.2, -0.15) is 0 Å². The molecule has 2 saturated heterocycles. The second-order valence-electron chi connectivity index (χ2n) is 22.1. The Labute approximate surface area is 484 Å². The Balaban J connectivity index is 1.21. The highest BCUT2D eigenvalue weighted by Crippen LogP contribution is 2.50. The number of esters is 1. The molecule has 450 valence electrons. The predicted molar refractivity (Wildman–Crippen MR) is 309 cm³/mol. The molecule has 4 aromatic rings. The van der Waals surface area contributed by atoms with E-state index in [1.54, 1.807) is 77.3 Å². The molecule has 6 rings (SSSR count). The van der Waals surface area contributed by atoms with Gasteiger partial charge in [0.05, 0.1) is 55.1 Å². The minimum absolute atomic E-state index is 0.0114. The average molecular weight is 1180 g/mol. The molecule has 4 N–H and O–H groups in total. The fourth-order valence-corrected chi connectivity index (χ4v) is 12.4. The maximum atomic E-state index is 17.0. The molecular weight excluding hydrogens is 1100 g/mol. The molecule has 2 aliphatic heterocycles. The van der Waals surface area contributed by atoms with Crippen LogP contribution < -0.4 is 5.09 Å². The zero-order chi connectivity index (χ0) is 60.2. The second kappa shape index (κ2) is 29.0. The van der Waals surface area contributed by atoms with Gasteiger partial charge in [-0.3, -0.25) is 28.7 Å². The van der Waals surface area contributed by atoms with E-state index in [0.29, 0.717) is 40.6 Å². The van der Waals surface area contributed by atoms with Gasteiger partial charge >= 0.3 is 13.7 Å². The Morgan fingerprint density at radius 3 is 2.10 bits per heavy atom. The van der Waals surface area contributed by atoms with E-state index in [9.17, 15) is 34.3 Å². The lowest BCUT2D eigenvalue weighted by Crippen LogP contribution is -2.61. The van der Waals surface area contributed by atoms with E-state index in [1.807, 2.05) is 67.6 Å². The van der Waals surface area contributed by atoms with Crippen LogP contribution in [0.2, 0.25) is 0 Å². The highest BCUT2D eigenvalue weighted by Gasteiger charge is 2.56. The number of nitrogens with one attached hydrogen (secondary N) is 1. The minimum atomic E-state index is -3.91. The number of rotatable bonds is 21. The number of oxime groups is 1. The van der Waals surface area contributed by atoms with Crippen molar-refractivity contribution in [3.63, 3.8) is 0 Å². The zero-order valence-corrected chi connectivity index (χ0v) is 50.7. The molecule has 2 aromatic heterocycles. The summed E-state index contributed by atoms with van der Waals surface area (Å²) in [5.41, 5.74) is -4.07. The third-order valence-corrected chi connectivity index (χ3v) is 17.3. The lowest BCUT2D eigenvalue weighted by molar-refractivity contribution is -0.293. The van der Waals surface area contributed by atoms with Gasteiger partial charge in [0.25, 0.3) is 5.67 Å². The third-order valence-electron chi connectivity index (χ3n) is 15.0. The number of ketones is 1. The van der Waals surface area contributed by atoms with E-state index >= 15 is 4.39 Å². The summed E-state index contributed by atoms with van der Waals surface area (Å²) in [6, 6.07) is 21.8. The van der Waals surface area contributed by atoms with Gasteiger partial charge in [0.1, 0.15) is 28.6 Å². The van der Waals surface area contributed by atoms with Crippen molar-refractivity contribution in [3.8, 4) is 10.6 Å². The van der Waals surface area contributed by atoms with Crippen molar-refractivity contribution in [2.75, 3.05) is 25.8 Å². The van der Waals surface area contributed by atoms with Crippen LogP contribution in [-0.2, 0) is 71.6 Å². The first kappa shape index (κ1) is 65.9. The molecule has 1 amide bonds. The maximum Gasteiger partial charge on any atom is 0.434 e. The SMILES string of the molecule is CCC(=O)/N=C1\[C@H](C)C[C@@](C)(O)[C@H](O[C@@H]2O[C@H](C)C[C@H](N(C)C)[C@H]2O)[C@@H](C)C(=O)[C@](C)(F)C(=O)O[C@H](CC)[C@@](C)(O)[C@H](OC/C(CC)=N\OCc2ccc(-c3nc(NP(=O)(OCc4ccccc4)OCc4ccccc4)cs3)cn2)[C@H]1C. The highest BCUT2D eigenvalue weighted by atomic mass is 32.1. The summed E-state index contributed by atoms with van der Waals surface area (Å²) in [4.78, 5) is 63.0. The number of hydrogen-bond acceptors (Lipinski definition) is 19. The number of hydrogen-bond donors (Lipinski definition) is 4. The molecular formula is C59H82FN6O14PS. The average Bonchev–Trinajstić information content (AvgIpc) is 3.76. The molecule has 13 atom stereocenters. The Hall–Kier alpha value is -5.23. The Kier molecular flexibility index (Phi) is 23.3. The zero-order valence-electron chi connectivity index (χ0n) is 49.0. The number of cyclic esters (lactones) is 1. The topological polar surface area (TPSA) is 259 Å². The van der Waals surface area contributed by atoms with Crippen molar-refractivity contribution in [2.45, 2.75) is 181 Å². The number of aliphatic hydroxyl groups excluding tert-OH is 1. The molecule has 0 spiro atoms. The lowest BCUT2D eigenvalue weighted by atomic mass is 9.73. The van der Waals surface area contributed by atoms with E-state index in [2.05, 4.69) is 25.2 Å². The van der Waals surface area contributed by atoms with E-state index < -0.39 is 103 Å². The van der Waals surface area contributed by atoms with Crippen molar-refractivity contribution >= 4 is 54.0 Å². The number of alkyl halides is 1. The highest BCUT2D eigenvalue weighted by molar-refractivity contribution is 7.55. The second-order valence-corrected chi connectivity index (χ2v) is 24.7. The summed E-state index contributed by atoms with van der Waals surface area (Å²) in [6.07, 6.45) is -5.39. The van der Waals surface area contributed by atoms with E-state index in [4.69, 9.17) is 32.8 Å². The molecule has 2 aliphatic rings. The van der Waals surface area contributed by atoms with Crippen LogP contribution >= 0.6 is 19.1 Å². The van der Waals surface area contributed by atoms with Gasteiger partial charge < -0.3 is 44.0 Å². The van der Waals surface area contributed by atoms with Gasteiger partial charge in [-0.1, -0.05) is 107 Å². The fraction of sp³-hybridized carbons (Fsp3) is 0.576. The minimum Gasteiger partial charge on any atom is -0.457 e. The molecule has 0 radical (unpaired) electrons. The summed E-state index contributed by atoms with van der Waals surface area (Å²) < 4.78 is 67.6. The number of pyridine rings is 1. The number of anilines is 1. The number of nitrogens with zero attached hydrogens (tertiary/aromatic N) is 5. The molecule has 0 bridgehead atoms. The number of carbonyl (C=O) groups excluding carboxylic acids is 3. The smallest absolute Gasteiger partial charge is 0.434 e. The Bertz CT molecular complexity index is 2790. The standard InChI is InChI=1S/C59H82FN6O14PS/c1-13-43(64-75-34-44-27-26-42(30-61-44)54-62-47(35-82-54)65-81(73,76-31-40-22-18-16-19-23-40)77-32-41-24-20-17-21-25-41)33-74-53-38(6)49(63-48(67)15-3)36(4)29-57(8,71)52(80-55-50(68)45(66(11)12)28-37(5)78-55)39(7)51(69)58(9,60)56(70)79-46(14-2)59(53,10)72/h16-27,30,35-39,45-46,50,52-53,55,68,71-72H,13-15,28-29,31-34H2,1-12H3,(H,65,73)/b63-49+,64-43-/t36-,37-,38+,39+,45+,46-,50-,52-,53-,55+,57-,58+,59-/m1/s1. The number of carbonyl (C=O) groups is 3. The number of ether oxygens (including phenoxy) is 4. The number of thiazole rings is 1. The maximum absolute atomic E-state index is 17.0. The third kappa shape index (κ3) is 17.0. The Morgan fingerprint density at radius 1 is 0.902 bits per heavy atom. The summed E-state index contributed by atoms with van der Waals surface area (Å²) in [5, 5.41) is 46.2. The monoisotopic (exact) mass is 1180 g/mol. The van der Waals surface area contributed by atoms with Crippen LogP contribution in [0.4, 0.5) is 10.2 Å². The van der Waals surface area contributed by atoms with Crippen LogP contribution in [0.5, 0.6) is 0 Å². The molecule has 0 saturated carbocycles. The van der Waals surface area contributed by atoms with Gasteiger partial charge in [0, 0.05) is 47.2 Å². The van der Waals surface area contributed by atoms with Crippen molar-refractivity contribution in [3.05, 3.63) is 101 Å². The van der Waals surface area contributed by atoms with Crippen LogP contribution in [0, 0.1) is 17.8 Å². The molecule has 0 aliphatic carbocycles. The van der Waals surface area contributed by atoms with E-state index in [1.165, 1.54) is 32.1 Å². The predicted octanol–water partition coefficient (Wildman–Crippen LogP) is 9.45. The first-order chi connectivity index (χ1) is 38.7. The van der Waals surface area contributed by atoms with E-state index in [0.717, 1.165) is 18.1 Å². The largest absolute Gasteiger partial charge is 0.457 e. The number of likely N-dealkylation sites (N-methyl/N-ethyl adjacent to an activating group) is 1. The van der Waals surface area contributed by atoms with Gasteiger partial charge in [-0.05, 0) is 96.7 Å². The number of Topliss-reactive ketones (excluding diaryl/α,β-unsaturated/α-hetero) is 1. The van der Waals surface area contributed by atoms with Crippen LogP contribution in [-0.4, -0.2) is 140 Å². The number of benzene rings is 2. The van der Waals surface area contributed by atoms with Crippen LogP contribution in [0.15, 0.2) is 94.5 Å². The first-order valence-corrected chi connectivity index (χ1v) is 30.3. The molecule has 2 aromatic carbocycles. The normalized spacial score (nSPS) is 30.5. The number of aromatic nitrogens is 2. The number of amides is 1. The lowest BCUT2D eigenvalue weighted by Gasteiger charge is -2.46. The molecule has 82 heavy (non-hydrogen) atoms. The van der Waals surface area contributed by atoms with Gasteiger partial charge in [0.2, 0.25) is 5.91 Å². The van der Waals surface area contributed by atoms with Gasteiger partial charge in [-0.15, -0.1) is 11.3 Å². The van der Waals surface area contributed by atoms with Crippen LogP contribution in [0.25, 0.3) is 10.6 Å². The summed E-state index contributed by atoms with van der Waals surface area (Å²) in [6.45, 7) is 14.9. The number of aliphatic hydroxyl groups is 3. The summed E-state index contributed by atoms with van der Waals surface area (Å²) >= 11 is 1.30. The molecule has 23 heteroatoms.